The summed E-state index contributed by atoms with van der Waals surface area (Å²) in [6.45, 7) is 7.37. The van der Waals surface area contributed by atoms with E-state index in [1.54, 1.807) is 18.6 Å². The maximum absolute atomic E-state index is 12.3. The van der Waals surface area contributed by atoms with Crippen molar-refractivity contribution in [1.82, 2.24) is 15.2 Å². The highest BCUT2D eigenvalue weighted by Gasteiger charge is 2.27. The van der Waals surface area contributed by atoms with Gasteiger partial charge in [-0.15, -0.1) is 0 Å². The minimum absolute atomic E-state index is 0.429. The van der Waals surface area contributed by atoms with E-state index in [-0.39, 0.29) is 0 Å². The Balaban J connectivity index is 0.000000203. The van der Waals surface area contributed by atoms with E-state index in [9.17, 15) is 4.79 Å². The summed E-state index contributed by atoms with van der Waals surface area (Å²) in [6.07, 6.45) is 14.5. The average Bonchev–Trinajstić information content (AvgIpc) is 2.80. The summed E-state index contributed by atoms with van der Waals surface area (Å²) in [5.41, 5.74) is 3.46. The number of aromatic nitrogens is 1. The predicted octanol–water partition coefficient (Wildman–Crippen LogP) is 6.45. The molecule has 0 aromatic carbocycles. The second kappa shape index (κ2) is 11.5. The van der Waals surface area contributed by atoms with Crippen molar-refractivity contribution in [3.8, 4) is 0 Å². The quantitative estimate of drug-likeness (QED) is 0.519. The molecule has 8 heteroatoms. The average molecular weight is 489 g/mol. The molecule has 0 fully saturated rings. The Bertz CT molecular complexity index is 1000. The molecule has 4 heterocycles. The predicted molar refractivity (Wildman–Crippen MR) is 135 cm³/mol. The number of carbonyl (C=O) groups is 1. The highest BCUT2D eigenvalue weighted by Crippen LogP contribution is 2.28. The first-order valence-electron chi connectivity index (χ1n) is 11.1. The molecule has 0 bridgehead atoms. The van der Waals surface area contributed by atoms with Crippen LogP contribution in [0, 0.1) is 0 Å². The largest absolute Gasteiger partial charge is 0.443 e. The van der Waals surface area contributed by atoms with Crippen molar-refractivity contribution < 1.29 is 9.53 Å². The first-order valence-corrected chi connectivity index (χ1v) is 11.8. The van der Waals surface area contributed by atoms with Gasteiger partial charge in [-0.1, -0.05) is 35.4 Å². The highest BCUT2D eigenvalue weighted by molar-refractivity contribution is 6.30. The standard InChI is InChI=1S/C15H19ClN2O2.C10H11ClN2/c1-15(2,3)20-14(19)18-10-12(16)6-7-13(18)11-5-4-8-17-9-11;11-9-3-4-10(13-7-9)8-2-1-5-12-6-8/h5,7,9-10H,4,6,8H2,1-3H3;3-4,6-7,12H,1-2,5H2. The number of aliphatic imine (C=N–C) groups is 1. The third-order valence-corrected chi connectivity index (χ3v) is 5.33. The van der Waals surface area contributed by atoms with Crippen molar-refractivity contribution in [2.24, 2.45) is 4.99 Å². The summed E-state index contributed by atoms with van der Waals surface area (Å²) in [5.74, 6) is 0. The lowest BCUT2D eigenvalue weighted by Crippen LogP contribution is -2.35. The van der Waals surface area contributed by atoms with Crippen LogP contribution in [0.15, 0.2) is 64.2 Å². The summed E-state index contributed by atoms with van der Waals surface area (Å²) < 4.78 is 5.42. The van der Waals surface area contributed by atoms with E-state index in [2.05, 4.69) is 21.4 Å². The summed E-state index contributed by atoms with van der Waals surface area (Å²) in [7, 11) is 0. The maximum atomic E-state index is 12.3. The third-order valence-electron chi connectivity index (χ3n) is 4.86. The van der Waals surface area contributed by atoms with Gasteiger partial charge in [0.1, 0.15) is 5.60 Å². The van der Waals surface area contributed by atoms with Gasteiger partial charge in [0.25, 0.3) is 0 Å². The van der Waals surface area contributed by atoms with Crippen molar-refractivity contribution in [2.75, 3.05) is 13.1 Å². The van der Waals surface area contributed by atoms with Crippen LogP contribution in [0.25, 0.3) is 5.57 Å². The number of dihydropyridines is 1. The zero-order valence-electron chi connectivity index (χ0n) is 19.3. The highest BCUT2D eigenvalue weighted by atomic mass is 35.5. The van der Waals surface area contributed by atoms with Crippen LogP contribution in [-0.2, 0) is 4.74 Å². The van der Waals surface area contributed by atoms with Gasteiger partial charge in [-0.05, 0) is 57.7 Å². The molecule has 0 atom stereocenters. The number of hydrogen-bond donors (Lipinski definition) is 1. The number of nitrogens with one attached hydrogen (secondary N) is 1. The monoisotopic (exact) mass is 488 g/mol. The van der Waals surface area contributed by atoms with Crippen molar-refractivity contribution in [3.63, 3.8) is 0 Å². The van der Waals surface area contributed by atoms with Crippen LogP contribution < -0.4 is 5.32 Å². The molecule has 1 aromatic heterocycles. The number of amides is 1. The molecule has 1 amide bonds. The van der Waals surface area contributed by atoms with Crippen LogP contribution in [0.3, 0.4) is 0 Å². The fourth-order valence-corrected chi connectivity index (χ4v) is 3.66. The smallest absolute Gasteiger partial charge is 0.419 e. The minimum atomic E-state index is -0.547. The molecular formula is C25H30Cl2N4O2. The van der Waals surface area contributed by atoms with Crippen LogP contribution in [0.4, 0.5) is 4.79 Å². The molecule has 4 rings (SSSR count). The molecule has 3 aliphatic rings. The molecule has 1 aromatic rings. The number of ether oxygens (including phenoxy) is 1. The van der Waals surface area contributed by atoms with Crippen molar-refractivity contribution in [2.45, 2.75) is 52.1 Å². The van der Waals surface area contributed by atoms with E-state index < -0.39 is 11.7 Å². The second-order valence-corrected chi connectivity index (χ2v) is 9.71. The number of carbonyl (C=O) groups excluding carboxylic acids is 1. The molecule has 176 valence electrons. The molecular weight excluding hydrogens is 459 g/mol. The van der Waals surface area contributed by atoms with E-state index in [4.69, 9.17) is 27.9 Å². The SMILES string of the molecule is CC(C)(C)OC(=O)N1C=C(Cl)CC=C1C1=CCCN=C1.Clc1ccc(C2=CNCCC2)nc1. The van der Waals surface area contributed by atoms with Gasteiger partial charge in [-0.2, -0.15) is 0 Å². The molecule has 0 saturated carbocycles. The number of pyridine rings is 1. The van der Waals surface area contributed by atoms with E-state index >= 15 is 0 Å². The lowest BCUT2D eigenvalue weighted by atomic mass is 10.1. The normalized spacial score (nSPS) is 18.0. The van der Waals surface area contributed by atoms with Gasteiger partial charge in [-0.3, -0.25) is 14.9 Å². The molecule has 0 aliphatic carbocycles. The summed E-state index contributed by atoms with van der Waals surface area (Å²) >= 11 is 11.8. The van der Waals surface area contributed by atoms with Crippen LogP contribution in [0.5, 0.6) is 0 Å². The molecule has 0 unspecified atom stereocenters. The van der Waals surface area contributed by atoms with E-state index in [1.165, 1.54) is 16.9 Å². The van der Waals surface area contributed by atoms with E-state index in [0.29, 0.717) is 16.5 Å². The Morgan fingerprint density at radius 1 is 1.21 bits per heavy atom. The molecule has 0 spiro atoms. The first-order chi connectivity index (χ1) is 15.7. The number of rotatable bonds is 2. The van der Waals surface area contributed by atoms with Crippen LogP contribution in [0.2, 0.25) is 5.02 Å². The Morgan fingerprint density at radius 3 is 2.64 bits per heavy atom. The lowest BCUT2D eigenvalue weighted by Gasteiger charge is -2.29. The fraction of sp³-hybridized carbons (Fsp3) is 0.400. The molecule has 0 saturated heterocycles. The molecule has 1 N–H and O–H groups in total. The molecule has 3 aliphatic heterocycles. The van der Waals surface area contributed by atoms with Gasteiger partial charge in [0.15, 0.2) is 0 Å². The topological polar surface area (TPSA) is 66.8 Å². The van der Waals surface area contributed by atoms with Gasteiger partial charge in [0, 0.05) is 54.9 Å². The van der Waals surface area contributed by atoms with Gasteiger partial charge < -0.3 is 10.1 Å². The van der Waals surface area contributed by atoms with Crippen molar-refractivity contribution in [1.29, 1.82) is 0 Å². The molecule has 33 heavy (non-hydrogen) atoms. The minimum Gasteiger partial charge on any atom is -0.443 e. The number of nitrogens with zero attached hydrogens (tertiary/aromatic N) is 3. The number of halogens is 2. The molecule has 6 nitrogen and oxygen atoms in total. The van der Waals surface area contributed by atoms with Crippen LogP contribution >= 0.6 is 23.2 Å². The Hall–Kier alpha value is -2.57. The van der Waals surface area contributed by atoms with Crippen LogP contribution in [0.1, 0.15) is 52.1 Å². The Morgan fingerprint density at radius 2 is 2.03 bits per heavy atom. The fourth-order valence-electron chi connectivity index (χ4n) is 3.37. The zero-order valence-corrected chi connectivity index (χ0v) is 20.8. The van der Waals surface area contributed by atoms with E-state index in [0.717, 1.165) is 42.9 Å². The Kier molecular flexibility index (Phi) is 8.75. The van der Waals surface area contributed by atoms with E-state index in [1.807, 2.05) is 45.2 Å². The second-order valence-electron chi connectivity index (χ2n) is 8.79. The van der Waals surface area contributed by atoms with Crippen LogP contribution in [-0.4, -0.2) is 40.9 Å². The van der Waals surface area contributed by atoms with Crippen molar-refractivity contribution >= 4 is 41.1 Å². The van der Waals surface area contributed by atoms with Crippen molar-refractivity contribution in [3.05, 3.63) is 69.9 Å². The number of allylic oxidation sites excluding steroid dienone is 4. The Labute approximate surface area is 205 Å². The maximum Gasteiger partial charge on any atom is 0.419 e. The van der Waals surface area contributed by atoms with Gasteiger partial charge in [0.2, 0.25) is 0 Å². The molecule has 0 radical (unpaired) electrons. The lowest BCUT2D eigenvalue weighted by molar-refractivity contribution is 0.0384. The summed E-state index contributed by atoms with van der Waals surface area (Å²) in [5, 5.41) is 4.51. The third kappa shape index (κ3) is 7.76. The zero-order chi connectivity index (χ0) is 23.8. The van der Waals surface area contributed by atoms with Gasteiger partial charge in [0.05, 0.1) is 16.4 Å². The van der Waals surface area contributed by atoms with Gasteiger partial charge in [-0.25, -0.2) is 4.79 Å². The summed E-state index contributed by atoms with van der Waals surface area (Å²) in [4.78, 5) is 22.3. The van der Waals surface area contributed by atoms with Gasteiger partial charge >= 0.3 is 6.09 Å². The first kappa shape index (κ1) is 25.1. The number of hydrogen-bond acceptors (Lipinski definition) is 5. The summed E-state index contributed by atoms with van der Waals surface area (Å²) in [6, 6.07) is 3.83.